The molecule has 0 fully saturated rings. The van der Waals surface area contributed by atoms with Gasteiger partial charge in [-0.3, -0.25) is 9.59 Å². The van der Waals surface area contributed by atoms with Crippen LogP contribution in [-0.2, 0) is 0 Å². The SMILES string of the molecule is CCCC1=CC(=O)c2ccc(OC)cc2C1=O. The molecule has 0 amide bonds. The molecule has 88 valence electrons. The second-order valence-electron chi connectivity index (χ2n) is 4.02. The molecule has 0 saturated heterocycles. The van der Waals surface area contributed by atoms with Crippen molar-refractivity contribution in [2.24, 2.45) is 0 Å². The highest BCUT2D eigenvalue weighted by atomic mass is 16.5. The van der Waals surface area contributed by atoms with Crippen LogP contribution in [0, 0.1) is 0 Å². The molecular weight excluding hydrogens is 216 g/mol. The lowest BCUT2D eigenvalue weighted by atomic mass is 9.87. The van der Waals surface area contributed by atoms with Crippen LogP contribution in [0.15, 0.2) is 29.8 Å². The zero-order chi connectivity index (χ0) is 12.4. The normalized spacial score (nSPS) is 14.4. The molecule has 0 atom stereocenters. The molecule has 0 N–H and O–H groups in total. The van der Waals surface area contributed by atoms with Gasteiger partial charge in [-0.15, -0.1) is 0 Å². The van der Waals surface area contributed by atoms with Gasteiger partial charge in [-0.05, 0) is 30.7 Å². The van der Waals surface area contributed by atoms with Crippen LogP contribution in [0.4, 0.5) is 0 Å². The maximum Gasteiger partial charge on any atom is 0.190 e. The Morgan fingerprint density at radius 2 is 1.94 bits per heavy atom. The van der Waals surface area contributed by atoms with Gasteiger partial charge in [-0.1, -0.05) is 13.3 Å². The Balaban J connectivity index is 2.49. The second-order valence-corrected chi connectivity index (χ2v) is 4.02. The van der Waals surface area contributed by atoms with E-state index in [1.807, 2.05) is 6.92 Å². The summed E-state index contributed by atoms with van der Waals surface area (Å²) in [6.07, 6.45) is 2.95. The molecule has 0 spiro atoms. The fourth-order valence-electron chi connectivity index (χ4n) is 1.98. The minimum absolute atomic E-state index is 0.0552. The summed E-state index contributed by atoms with van der Waals surface area (Å²) in [4.78, 5) is 24.0. The van der Waals surface area contributed by atoms with E-state index in [4.69, 9.17) is 4.74 Å². The van der Waals surface area contributed by atoms with Crippen molar-refractivity contribution in [3.8, 4) is 5.75 Å². The standard InChI is InChI=1S/C14H14O3/c1-3-4-9-7-13(15)11-6-5-10(17-2)8-12(11)14(9)16/h5-8H,3-4H2,1-2H3. The zero-order valence-corrected chi connectivity index (χ0v) is 9.95. The number of rotatable bonds is 3. The van der Waals surface area contributed by atoms with Crippen molar-refractivity contribution < 1.29 is 14.3 Å². The Kier molecular flexibility index (Phi) is 3.09. The van der Waals surface area contributed by atoms with Gasteiger partial charge in [0.05, 0.1) is 7.11 Å². The van der Waals surface area contributed by atoms with Gasteiger partial charge in [0.1, 0.15) is 5.75 Å². The summed E-state index contributed by atoms with van der Waals surface area (Å²) in [6, 6.07) is 4.98. The summed E-state index contributed by atoms with van der Waals surface area (Å²) in [7, 11) is 1.54. The maximum absolute atomic E-state index is 12.1. The number of methoxy groups -OCH3 is 1. The lowest BCUT2D eigenvalue weighted by Gasteiger charge is -2.15. The van der Waals surface area contributed by atoms with Gasteiger partial charge in [0.2, 0.25) is 0 Å². The molecule has 0 heterocycles. The lowest BCUT2D eigenvalue weighted by Crippen LogP contribution is -2.17. The van der Waals surface area contributed by atoms with E-state index in [0.29, 0.717) is 28.9 Å². The van der Waals surface area contributed by atoms with Crippen LogP contribution in [0.2, 0.25) is 0 Å². The first-order valence-corrected chi connectivity index (χ1v) is 5.65. The highest BCUT2D eigenvalue weighted by Crippen LogP contribution is 2.27. The quantitative estimate of drug-likeness (QED) is 0.801. The van der Waals surface area contributed by atoms with Gasteiger partial charge >= 0.3 is 0 Å². The number of hydrogen-bond acceptors (Lipinski definition) is 3. The van der Waals surface area contributed by atoms with Crippen LogP contribution in [0.3, 0.4) is 0 Å². The van der Waals surface area contributed by atoms with Gasteiger partial charge in [0.25, 0.3) is 0 Å². The third-order valence-electron chi connectivity index (χ3n) is 2.85. The van der Waals surface area contributed by atoms with Crippen LogP contribution in [0.1, 0.15) is 40.5 Å². The van der Waals surface area contributed by atoms with Gasteiger partial charge < -0.3 is 4.74 Å². The molecule has 0 bridgehead atoms. The summed E-state index contributed by atoms with van der Waals surface area (Å²) in [5, 5.41) is 0. The van der Waals surface area contributed by atoms with Crippen molar-refractivity contribution in [1.29, 1.82) is 0 Å². The van der Waals surface area contributed by atoms with E-state index < -0.39 is 0 Å². The first-order valence-electron chi connectivity index (χ1n) is 5.65. The van der Waals surface area contributed by atoms with Gasteiger partial charge in [0.15, 0.2) is 11.6 Å². The van der Waals surface area contributed by atoms with E-state index in [1.54, 1.807) is 25.3 Å². The third kappa shape index (κ3) is 2.00. The molecule has 0 aliphatic heterocycles. The van der Waals surface area contributed by atoms with E-state index in [9.17, 15) is 9.59 Å². The summed E-state index contributed by atoms with van der Waals surface area (Å²) < 4.78 is 5.08. The first-order chi connectivity index (χ1) is 8.17. The average molecular weight is 230 g/mol. The molecule has 1 aromatic rings. The minimum Gasteiger partial charge on any atom is -0.497 e. The molecule has 0 aromatic heterocycles. The van der Waals surface area contributed by atoms with Crippen LogP contribution >= 0.6 is 0 Å². The van der Waals surface area contributed by atoms with Crippen LogP contribution in [0.25, 0.3) is 0 Å². The Morgan fingerprint density at radius 3 is 2.59 bits per heavy atom. The van der Waals surface area contributed by atoms with Crippen molar-refractivity contribution in [2.75, 3.05) is 7.11 Å². The number of hydrogen-bond donors (Lipinski definition) is 0. The molecule has 1 aromatic carbocycles. The fraction of sp³-hybridized carbons (Fsp3) is 0.286. The monoisotopic (exact) mass is 230 g/mol. The lowest BCUT2D eigenvalue weighted by molar-refractivity contribution is 0.0981. The van der Waals surface area contributed by atoms with Crippen molar-refractivity contribution in [2.45, 2.75) is 19.8 Å². The molecule has 0 radical (unpaired) electrons. The molecule has 17 heavy (non-hydrogen) atoms. The van der Waals surface area contributed by atoms with E-state index in [0.717, 1.165) is 6.42 Å². The number of carbonyl (C=O) groups is 2. The third-order valence-corrected chi connectivity index (χ3v) is 2.85. The summed E-state index contributed by atoms with van der Waals surface area (Å²) in [5.41, 5.74) is 1.52. The molecular formula is C14H14O3. The van der Waals surface area contributed by atoms with E-state index in [-0.39, 0.29) is 11.6 Å². The van der Waals surface area contributed by atoms with Crippen molar-refractivity contribution >= 4 is 11.6 Å². The number of benzene rings is 1. The van der Waals surface area contributed by atoms with Crippen molar-refractivity contribution in [3.63, 3.8) is 0 Å². The van der Waals surface area contributed by atoms with Crippen molar-refractivity contribution in [1.82, 2.24) is 0 Å². The molecule has 2 rings (SSSR count). The smallest absolute Gasteiger partial charge is 0.190 e. The zero-order valence-electron chi connectivity index (χ0n) is 9.95. The van der Waals surface area contributed by atoms with Crippen LogP contribution in [0.5, 0.6) is 5.75 Å². The number of ether oxygens (including phenoxy) is 1. The van der Waals surface area contributed by atoms with Crippen LogP contribution in [-0.4, -0.2) is 18.7 Å². The number of fused-ring (bicyclic) bond motifs is 1. The second kappa shape index (κ2) is 4.53. The number of carbonyl (C=O) groups excluding carboxylic acids is 2. The molecule has 0 saturated carbocycles. The van der Waals surface area contributed by atoms with Gasteiger partial charge in [0, 0.05) is 16.7 Å². The molecule has 3 nitrogen and oxygen atoms in total. The van der Waals surface area contributed by atoms with Gasteiger partial charge in [-0.25, -0.2) is 0 Å². The van der Waals surface area contributed by atoms with E-state index >= 15 is 0 Å². The molecule has 0 unspecified atom stereocenters. The fourth-order valence-corrected chi connectivity index (χ4v) is 1.98. The highest BCUT2D eigenvalue weighted by molar-refractivity contribution is 6.24. The molecule has 1 aliphatic carbocycles. The Bertz CT molecular complexity index is 512. The molecule has 1 aliphatic rings. The topological polar surface area (TPSA) is 43.4 Å². The Hall–Kier alpha value is -1.90. The Morgan fingerprint density at radius 1 is 1.18 bits per heavy atom. The van der Waals surface area contributed by atoms with E-state index in [1.165, 1.54) is 6.08 Å². The minimum atomic E-state index is -0.0919. The van der Waals surface area contributed by atoms with E-state index in [2.05, 4.69) is 0 Å². The van der Waals surface area contributed by atoms with Gasteiger partial charge in [-0.2, -0.15) is 0 Å². The summed E-state index contributed by atoms with van der Waals surface area (Å²) >= 11 is 0. The average Bonchev–Trinajstić information content (AvgIpc) is 2.35. The number of ketones is 2. The first kappa shape index (κ1) is 11.6. The highest BCUT2D eigenvalue weighted by Gasteiger charge is 2.25. The molecule has 3 heteroatoms. The summed E-state index contributed by atoms with van der Waals surface area (Å²) in [6.45, 7) is 1.99. The number of allylic oxidation sites excluding steroid dienone is 2. The Labute approximate surface area is 100 Å². The predicted molar refractivity (Wildman–Crippen MR) is 64.6 cm³/mol. The predicted octanol–water partition coefficient (Wildman–Crippen LogP) is 2.80. The summed E-state index contributed by atoms with van der Waals surface area (Å²) in [5.74, 6) is 0.453. The van der Waals surface area contributed by atoms with Crippen LogP contribution < -0.4 is 4.74 Å². The maximum atomic E-state index is 12.1. The van der Waals surface area contributed by atoms with Crippen molar-refractivity contribution in [3.05, 3.63) is 41.0 Å². The largest absolute Gasteiger partial charge is 0.497 e. The number of Topliss-reactive ketones (excluding diaryl/α,β-unsaturated/α-hetero) is 1.